The normalized spacial score (nSPS) is 30.2. The molecule has 0 aromatic heterocycles. The van der Waals surface area contributed by atoms with Crippen molar-refractivity contribution in [3.8, 4) is 0 Å². The molecule has 0 aromatic rings. The Labute approximate surface area is 82.1 Å². The van der Waals surface area contributed by atoms with Gasteiger partial charge in [0, 0.05) is 11.9 Å². The van der Waals surface area contributed by atoms with Crippen LogP contribution in [-0.4, -0.2) is 17.0 Å². The molecule has 0 heterocycles. The summed E-state index contributed by atoms with van der Waals surface area (Å²) in [5, 5.41) is 18.8. The van der Waals surface area contributed by atoms with E-state index in [2.05, 4.69) is 0 Å². The van der Waals surface area contributed by atoms with Crippen LogP contribution in [0.15, 0.2) is 0 Å². The van der Waals surface area contributed by atoms with Gasteiger partial charge in [-0.1, -0.05) is 13.8 Å². The molecule has 0 spiro atoms. The smallest absolute Gasteiger partial charge is 0.550 e. The van der Waals surface area contributed by atoms with Crippen LogP contribution in [0, 0.1) is 17.3 Å². The van der Waals surface area contributed by atoms with Crippen molar-refractivity contribution in [2.24, 2.45) is 17.3 Å². The van der Waals surface area contributed by atoms with Crippen LogP contribution < -0.4 is 24.0 Å². The fourth-order valence-electron chi connectivity index (χ4n) is 1.54. The fourth-order valence-corrected chi connectivity index (χ4v) is 1.54. The summed E-state index contributed by atoms with van der Waals surface area (Å²) in [6.07, 6.45) is 0. The minimum atomic E-state index is -1.26. The predicted molar refractivity (Wildman–Crippen MR) is 33.4 cm³/mol. The number of carboxylic acids is 2. The summed E-state index contributed by atoms with van der Waals surface area (Å²) in [5.41, 5.74) is -0.634. The van der Waals surface area contributed by atoms with Crippen LogP contribution in [0.2, 0.25) is 0 Å². The van der Waals surface area contributed by atoms with E-state index in [0.29, 0.717) is 0 Å². The minimum Gasteiger partial charge on any atom is -0.550 e. The number of aliphatic carboxylic acids is 2. The van der Waals surface area contributed by atoms with E-state index in [1.807, 2.05) is 0 Å². The van der Waals surface area contributed by atoms with E-state index < -0.39 is 29.2 Å². The summed E-state index contributed by atoms with van der Waals surface area (Å²) < 4.78 is 0. The van der Waals surface area contributed by atoms with Crippen molar-refractivity contribution in [3.63, 3.8) is 0 Å². The molecule has 4 nitrogen and oxygen atoms in total. The Kier molecular flexibility index (Phi) is 3.00. The van der Waals surface area contributed by atoms with Crippen LogP contribution in [0.5, 0.6) is 0 Å². The first-order valence-corrected chi connectivity index (χ1v) is 3.32. The Morgan fingerprint density at radius 1 is 1.33 bits per heavy atom. The second kappa shape index (κ2) is 3.12. The molecule has 0 amide bonds. The van der Waals surface area contributed by atoms with E-state index in [4.69, 9.17) is 5.11 Å². The molecular formula is C7H9LiO4. The van der Waals surface area contributed by atoms with E-state index in [-0.39, 0.29) is 18.9 Å². The van der Waals surface area contributed by atoms with Gasteiger partial charge in [-0.15, -0.1) is 0 Å². The van der Waals surface area contributed by atoms with Crippen LogP contribution in [0.4, 0.5) is 0 Å². The maximum atomic E-state index is 10.4. The standard InChI is InChI=1S/C7H10O4.Li/c1-7(2)3(5(8)9)4(7)6(10)11;/h3-4H,1-2H3,(H,8,9)(H,10,11);/q;+1/p-1. The fraction of sp³-hybridized carbons (Fsp3) is 0.714. The number of rotatable bonds is 2. The quantitative estimate of drug-likeness (QED) is 0.423. The summed E-state index contributed by atoms with van der Waals surface area (Å²) in [4.78, 5) is 20.7. The molecule has 5 heteroatoms. The second-order valence-corrected chi connectivity index (χ2v) is 3.43. The molecule has 1 aliphatic carbocycles. The van der Waals surface area contributed by atoms with Gasteiger partial charge in [-0.25, -0.2) is 0 Å². The molecule has 1 fully saturated rings. The van der Waals surface area contributed by atoms with E-state index in [1.54, 1.807) is 13.8 Å². The first-order chi connectivity index (χ1) is 4.89. The number of carbonyl (C=O) groups is 2. The van der Waals surface area contributed by atoms with Crippen molar-refractivity contribution in [2.45, 2.75) is 13.8 Å². The molecule has 12 heavy (non-hydrogen) atoms. The molecule has 0 radical (unpaired) electrons. The molecule has 1 rings (SSSR count). The van der Waals surface area contributed by atoms with Gasteiger partial charge >= 0.3 is 24.8 Å². The van der Waals surface area contributed by atoms with Crippen molar-refractivity contribution >= 4 is 11.9 Å². The molecule has 1 N–H and O–H groups in total. The number of carbonyl (C=O) groups excluding carboxylic acids is 1. The van der Waals surface area contributed by atoms with E-state index in [0.717, 1.165) is 0 Å². The number of hydrogen-bond acceptors (Lipinski definition) is 3. The molecule has 0 bridgehead atoms. The van der Waals surface area contributed by atoms with Crippen LogP contribution >= 0.6 is 0 Å². The summed E-state index contributed by atoms with van der Waals surface area (Å²) >= 11 is 0. The van der Waals surface area contributed by atoms with Gasteiger partial charge in [-0.05, 0) is 5.41 Å². The topological polar surface area (TPSA) is 77.4 Å². The van der Waals surface area contributed by atoms with Crippen molar-refractivity contribution in [1.29, 1.82) is 0 Å². The van der Waals surface area contributed by atoms with Gasteiger partial charge in [0.05, 0.1) is 5.92 Å². The maximum absolute atomic E-state index is 10.4. The van der Waals surface area contributed by atoms with Crippen LogP contribution in [0.25, 0.3) is 0 Å². The van der Waals surface area contributed by atoms with Gasteiger partial charge in [0.15, 0.2) is 0 Å². The van der Waals surface area contributed by atoms with Gasteiger partial charge in [-0.3, -0.25) is 4.79 Å². The van der Waals surface area contributed by atoms with E-state index in [9.17, 15) is 14.7 Å². The third-order valence-electron chi connectivity index (χ3n) is 2.35. The molecular weight excluding hydrogens is 155 g/mol. The zero-order valence-corrected chi connectivity index (χ0v) is 7.33. The van der Waals surface area contributed by atoms with Crippen LogP contribution in [0.1, 0.15) is 13.8 Å². The van der Waals surface area contributed by atoms with Gasteiger partial charge in [0.25, 0.3) is 0 Å². The van der Waals surface area contributed by atoms with Gasteiger partial charge < -0.3 is 15.0 Å². The Balaban J connectivity index is 0.00000121. The third-order valence-corrected chi connectivity index (χ3v) is 2.35. The summed E-state index contributed by atoms with van der Waals surface area (Å²) in [7, 11) is 0. The Morgan fingerprint density at radius 3 is 1.83 bits per heavy atom. The Morgan fingerprint density at radius 2 is 1.75 bits per heavy atom. The summed E-state index contributed by atoms with van der Waals surface area (Å²) in [6, 6.07) is 0. The summed E-state index contributed by atoms with van der Waals surface area (Å²) in [5.74, 6) is -3.90. The number of hydrogen-bond donors (Lipinski definition) is 1. The Bertz CT molecular complexity index is 201. The van der Waals surface area contributed by atoms with Gasteiger partial charge in [0.2, 0.25) is 0 Å². The Hall–Kier alpha value is -0.463. The average molecular weight is 164 g/mol. The molecule has 2 atom stereocenters. The molecule has 1 saturated carbocycles. The molecule has 1 aliphatic rings. The summed E-state index contributed by atoms with van der Waals surface area (Å²) in [6.45, 7) is 3.23. The third kappa shape index (κ3) is 1.50. The molecule has 0 saturated heterocycles. The minimum absolute atomic E-state index is 0. The average Bonchev–Trinajstić information content (AvgIpc) is 2.33. The largest absolute Gasteiger partial charge is 1.00 e. The zero-order valence-electron chi connectivity index (χ0n) is 7.33. The second-order valence-electron chi connectivity index (χ2n) is 3.43. The number of carboxylic acid groups (broad SMARTS) is 2. The van der Waals surface area contributed by atoms with Crippen LogP contribution in [-0.2, 0) is 9.59 Å². The van der Waals surface area contributed by atoms with Crippen molar-refractivity contribution < 1.29 is 38.7 Å². The molecule has 0 aliphatic heterocycles. The molecule has 62 valence electrons. The van der Waals surface area contributed by atoms with Gasteiger partial charge in [0.1, 0.15) is 0 Å². The maximum Gasteiger partial charge on any atom is 1.00 e. The van der Waals surface area contributed by atoms with Gasteiger partial charge in [-0.2, -0.15) is 0 Å². The molecule has 0 aromatic carbocycles. The first kappa shape index (κ1) is 11.5. The van der Waals surface area contributed by atoms with Crippen LogP contribution in [0.3, 0.4) is 0 Å². The molecule has 2 unspecified atom stereocenters. The zero-order chi connectivity index (χ0) is 8.81. The van der Waals surface area contributed by atoms with Crippen molar-refractivity contribution in [1.82, 2.24) is 0 Å². The first-order valence-electron chi connectivity index (χ1n) is 3.32. The van der Waals surface area contributed by atoms with Crippen molar-refractivity contribution in [3.05, 3.63) is 0 Å². The predicted octanol–water partition coefficient (Wildman–Crippen LogP) is -3.90. The monoisotopic (exact) mass is 164 g/mol. The SMILES string of the molecule is CC1(C)C(C(=O)[O-])C1C(=O)O.[Li+]. The van der Waals surface area contributed by atoms with E-state index >= 15 is 0 Å². The van der Waals surface area contributed by atoms with Crippen molar-refractivity contribution in [2.75, 3.05) is 0 Å². The van der Waals surface area contributed by atoms with E-state index in [1.165, 1.54) is 0 Å².